The number of nitrogens with zero attached hydrogens (tertiary/aromatic N) is 1. The normalized spacial score (nSPS) is 11.3. The van der Waals surface area contributed by atoms with Gasteiger partial charge < -0.3 is 9.90 Å². The Morgan fingerprint density at radius 3 is 0.800 bits per heavy atom. The molecule has 0 heterocycles. The molecule has 40 heavy (non-hydrogen) atoms. The summed E-state index contributed by atoms with van der Waals surface area (Å²) in [7, 11) is 0. The second-order valence-electron chi connectivity index (χ2n) is 12.5. The summed E-state index contributed by atoms with van der Waals surface area (Å²) in [4.78, 5) is 13.3. The van der Waals surface area contributed by atoms with Gasteiger partial charge in [-0.1, -0.05) is 194 Å². The minimum Gasteiger partial charge on any atom is -0.549 e. The summed E-state index contributed by atoms with van der Waals surface area (Å²) in [5.74, 6) is -0.920. The predicted molar refractivity (Wildman–Crippen MR) is 171 cm³/mol. The van der Waals surface area contributed by atoms with E-state index in [9.17, 15) is 9.90 Å². The number of unbranched alkanes of at least 4 members (excludes halogenated alkanes) is 28. The largest absolute Gasteiger partial charge is 1.00 e. The van der Waals surface area contributed by atoms with Crippen molar-refractivity contribution in [3.63, 3.8) is 0 Å². The molecule has 0 aromatic rings. The fourth-order valence-electron chi connectivity index (χ4n) is 5.87. The van der Waals surface area contributed by atoms with Crippen LogP contribution in [0.1, 0.15) is 206 Å². The van der Waals surface area contributed by atoms with Crippen LogP contribution in [0.3, 0.4) is 0 Å². The first kappa shape index (κ1) is 43.2. The maximum atomic E-state index is 11.2. The van der Waals surface area contributed by atoms with Crippen LogP contribution in [0.15, 0.2) is 0 Å². The fraction of sp³-hybridized carbons (Fsp3) is 0.972. The topological polar surface area (TPSA) is 43.4 Å². The number of carbonyl (C=O) groups excluding carboxylic acids is 1. The van der Waals surface area contributed by atoms with E-state index in [-0.39, 0.29) is 57.9 Å². The Kier molecular flexibility index (Phi) is 41.1. The maximum Gasteiger partial charge on any atom is 1.00 e. The van der Waals surface area contributed by atoms with Crippen LogP contribution in [-0.2, 0) is 4.79 Å². The molecule has 0 radical (unpaired) electrons. The van der Waals surface area contributed by atoms with Crippen molar-refractivity contribution in [3.05, 3.63) is 0 Å². The molecule has 0 aliphatic carbocycles. The zero-order valence-corrected chi connectivity index (χ0v) is 31.2. The average Bonchev–Trinajstić information content (AvgIpc) is 2.92. The van der Waals surface area contributed by atoms with Gasteiger partial charge in [-0.25, -0.2) is 0 Å². The molecule has 0 aromatic heterocycles. The third-order valence-corrected chi connectivity index (χ3v) is 8.51. The summed E-state index contributed by atoms with van der Waals surface area (Å²) in [5.41, 5.74) is 0. The molecular formula is C36H72KNO2. The molecule has 0 bridgehead atoms. The molecule has 0 spiro atoms. The third-order valence-electron chi connectivity index (χ3n) is 8.51. The van der Waals surface area contributed by atoms with Crippen LogP contribution in [0.5, 0.6) is 0 Å². The van der Waals surface area contributed by atoms with Gasteiger partial charge in [0.05, 0.1) is 5.97 Å². The van der Waals surface area contributed by atoms with Crippen molar-refractivity contribution >= 4 is 5.97 Å². The van der Waals surface area contributed by atoms with Gasteiger partial charge in [0.15, 0.2) is 0 Å². The van der Waals surface area contributed by atoms with E-state index in [0.717, 1.165) is 25.9 Å². The Bertz CT molecular complexity index is 440. The van der Waals surface area contributed by atoms with Crippen molar-refractivity contribution in [2.45, 2.75) is 206 Å². The maximum absolute atomic E-state index is 11.2. The van der Waals surface area contributed by atoms with E-state index in [4.69, 9.17) is 0 Å². The number of rotatable bonds is 34. The molecule has 0 saturated heterocycles. The number of hydrogen-bond acceptors (Lipinski definition) is 3. The smallest absolute Gasteiger partial charge is 0.549 e. The second-order valence-corrected chi connectivity index (χ2v) is 12.5. The number of hydrogen-bond donors (Lipinski definition) is 0. The Hall–Kier alpha value is 1.07. The van der Waals surface area contributed by atoms with Crippen LogP contribution in [-0.4, -0.2) is 30.5 Å². The molecular weight excluding hydrogens is 517 g/mol. The van der Waals surface area contributed by atoms with Crippen molar-refractivity contribution in [2.75, 3.05) is 19.6 Å². The van der Waals surface area contributed by atoms with E-state index in [1.54, 1.807) is 0 Å². The minimum absolute atomic E-state index is 0. The molecule has 0 atom stereocenters. The van der Waals surface area contributed by atoms with E-state index < -0.39 is 5.97 Å². The Balaban J connectivity index is 0. The van der Waals surface area contributed by atoms with Gasteiger partial charge in [0.25, 0.3) is 0 Å². The molecule has 0 aliphatic heterocycles. The van der Waals surface area contributed by atoms with Gasteiger partial charge in [0.1, 0.15) is 0 Å². The van der Waals surface area contributed by atoms with Crippen molar-refractivity contribution in [3.8, 4) is 0 Å². The van der Waals surface area contributed by atoms with Crippen molar-refractivity contribution in [1.29, 1.82) is 0 Å². The second kappa shape index (κ2) is 38.1. The Morgan fingerprint density at radius 1 is 0.400 bits per heavy atom. The molecule has 0 N–H and O–H groups in total. The summed E-state index contributed by atoms with van der Waals surface area (Å²) < 4.78 is 0. The summed E-state index contributed by atoms with van der Waals surface area (Å²) in [6.07, 6.45) is 41.1. The predicted octanol–water partition coefficient (Wildman–Crippen LogP) is 7.79. The fourth-order valence-corrected chi connectivity index (χ4v) is 5.87. The van der Waals surface area contributed by atoms with Crippen LogP contribution in [0.25, 0.3) is 0 Å². The first-order valence-corrected chi connectivity index (χ1v) is 18.1. The van der Waals surface area contributed by atoms with E-state index in [2.05, 4.69) is 18.7 Å². The molecule has 0 fully saturated rings. The average molecular weight is 590 g/mol. The standard InChI is InChI=1S/C36H73NO2.K/c1-3-5-7-9-11-13-15-17-19-21-23-25-27-29-31-33-37(35-36(38)39)34-32-30-28-26-24-22-20-18-16-14-12-10-8-6-4-2;/h3-35H2,1-2H3,(H,38,39);/q;+1/p-1. The van der Waals surface area contributed by atoms with Crippen molar-refractivity contribution in [1.82, 2.24) is 4.90 Å². The third kappa shape index (κ3) is 37.1. The Labute approximate surface area is 295 Å². The monoisotopic (exact) mass is 590 g/mol. The zero-order chi connectivity index (χ0) is 28.5. The van der Waals surface area contributed by atoms with Gasteiger partial charge in [0, 0.05) is 6.54 Å². The van der Waals surface area contributed by atoms with Crippen LogP contribution in [0.4, 0.5) is 0 Å². The van der Waals surface area contributed by atoms with E-state index in [0.29, 0.717) is 0 Å². The van der Waals surface area contributed by atoms with Crippen molar-refractivity contribution in [2.24, 2.45) is 0 Å². The molecule has 234 valence electrons. The van der Waals surface area contributed by atoms with Gasteiger partial charge in [-0.05, 0) is 25.9 Å². The SMILES string of the molecule is CCCCCCCCCCCCCCCCCN(CCCCCCCCCCCCCCCCC)CC(=O)[O-].[K+]. The summed E-state index contributed by atoms with van der Waals surface area (Å²) >= 11 is 0. The van der Waals surface area contributed by atoms with Crippen LogP contribution in [0, 0.1) is 0 Å². The van der Waals surface area contributed by atoms with Gasteiger partial charge in [-0.2, -0.15) is 0 Å². The van der Waals surface area contributed by atoms with E-state index >= 15 is 0 Å². The number of carboxylic acid groups (broad SMARTS) is 1. The minimum atomic E-state index is -0.920. The molecule has 0 aromatic carbocycles. The number of aliphatic carboxylic acids is 1. The summed E-state index contributed by atoms with van der Waals surface area (Å²) in [6, 6.07) is 0. The van der Waals surface area contributed by atoms with Crippen LogP contribution < -0.4 is 56.5 Å². The Morgan fingerprint density at radius 2 is 0.600 bits per heavy atom. The van der Waals surface area contributed by atoms with Crippen molar-refractivity contribution < 1.29 is 61.3 Å². The molecule has 3 nitrogen and oxygen atoms in total. The molecule has 4 heteroatoms. The number of carbonyl (C=O) groups is 1. The van der Waals surface area contributed by atoms with Gasteiger partial charge in [-0.3, -0.25) is 4.90 Å². The van der Waals surface area contributed by atoms with Gasteiger partial charge in [-0.15, -0.1) is 0 Å². The van der Waals surface area contributed by atoms with Gasteiger partial charge in [0.2, 0.25) is 0 Å². The zero-order valence-electron chi connectivity index (χ0n) is 28.1. The molecule has 0 unspecified atom stereocenters. The van der Waals surface area contributed by atoms with E-state index in [1.807, 2.05) is 0 Å². The quantitative estimate of drug-likeness (QED) is 0.0568. The van der Waals surface area contributed by atoms with Gasteiger partial charge >= 0.3 is 51.4 Å². The molecule has 0 rings (SSSR count). The summed E-state index contributed by atoms with van der Waals surface area (Å²) in [6.45, 7) is 6.52. The molecule has 0 aliphatic rings. The first-order valence-electron chi connectivity index (χ1n) is 18.1. The van der Waals surface area contributed by atoms with Crippen LogP contribution in [0.2, 0.25) is 0 Å². The molecule has 0 amide bonds. The number of carboxylic acids is 1. The van der Waals surface area contributed by atoms with Crippen LogP contribution >= 0.6 is 0 Å². The molecule has 0 saturated carbocycles. The summed E-state index contributed by atoms with van der Waals surface area (Å²) in [5, 5.41) is 11.2. The van der Waals surface area contributed by atoms with E-state index in [1.165, 1.54) is 180 Å². The first-order chi connectivity index (χ1) is 19.2.